The minimum absolute atomic E-state index is 0.0723. The van der Waals surface area contributed by atoms with Crippen molar-refractivity contribution in [1.82, 2.24) is 35.4 Å². The zero-order chi connectivity index (χ0) is 23.2. The molecule has 10 heteroatoms. The number of fused-ring (bicyclic) bond motifs is 2. The van der Waals surface area contributed by atoms with E-state index in [1.54, 1.807) is 18.5 Å². The maximum Gasteiger partial charge on any atom is 0.255 e. The minimum atomic E-state index is -0.299. The molecule has 1 saturated heterocycles. The summed E-state index contributed by atoms with van der Waals surface area (Å²) in [4.78, 5) is 25.3. The first kappa shape index (κ1) is 21.2. The second-order valence-electron chi connectivity index (χ2n) is 9.33. The Morgan fingerprint density at radius 3 is 2.85 bits per heavy atom. The number of carbonyl (C=O) groups is 1. The number of hydrogen-bond acceptors (Lipinski definition) is 6. The van der Waals surface area contributed by atoms with E-state index >= 15 is 0 Å². The molecule has 0 bridgehead atoms. The Labute approximate surface area is 195 Å². The average Bonchev–Trinajstić information content (AvgIpc) is 3.55. The molecule has 1 aliphatic heterocycles. The second-order valence-corrected chi connectivity index (χ2v) is 9.33. The fourth-order valence-corrected chi connectivity index (χ4v) is 5.22. The first-order valence-corrected chi connectivity index (χ1v) is 11.9. The summed E-state index contributed by atoms with van der Waals surface area (Å²) in [6.45, 7) is 1.80. The van der Waals surface area contributed by atoms with Crippen molar-refractivity contribution in [2.75, 3.05) is 13.1 Å². The largest absolute Gasteiger partial charge is 0.349 e. The zero-order valence-electron chi connectivity index (χ0n) is 18.7. The summed E-state index contributed by atoms with van der Waals surface area (Å²) in [5.74, 6) is -0.490. The summed E-state index contributed by atoms with van der Waals surface area (Å²) in [6.07, 6.45) is 7.70. The highest BCUT2D eigenvalue weighted by molar-refractivity contribution is 6.05. The van der Waals surface area contributed by atoms with E-state index in [0.29, 0.717) is 28.1 Å². The van der Waals surface area contributed by atoms with Gasteiger partial charge in [0.1, 0.15) is 22.7 Å². The molecule has 4 heterocycles. The van der Waals surface area contributed by atoms with Crippen LogP contribution in [0.15, 0.2) is 30.6 Å². The highest BCUT2D eigenvalue weighted by Crippen LogP contribution is 2.32. The summed E-state index contributed by atoms with van der Waals surface area (Å²) >= 11 is 0. The highest BCUT2D eigenvalue weighted by Gasteiger charge is 2.26. The number of halogens is 1. The summed E-state index contributed by atoms with van der Waals surface area (Å²) in [6, 6.07) is 5.10. The second kappa shape index (κ2) is 8.44. The van der Waals surface area contributed by atoms with E-state index in [2.05, 4.69) is 20.6 Å². The summed E-state index contributed by atoms with van der Waals surface area (Å²) in [7, 11) is 0. The fourth-order valence-electron chi connectivity index (χ4n) is 5.22. The van der Waals surface area contributed by atoms with Crippen molar-refractivity contribution in [3.63, 3.8) is 0 Å². The maximum absolute atomic E-state index is 14.2. The molecule has 2 aliphatic rings. The van der Waals surface area contributed by atoms with Crippen LogP contribution in [0.3, 0.4) is 0 Å². The quantitative estimate of drug-likeness (QED) is 0.369. The number of nitrogens with two attached hydrogens (primary N) is 1. The Hall–Kier alpha value is -3.37. The molecule has 0 spiro atoms. The number of rotatable bonds is 4. The molecule has 0 radical (unpaired) electrons. The van der Waals surface area contributed by atoms with Crippen molar-refractivity contribution in [1.29, 1.82) is 0 Å². The molecule has 4 aromatic rings. The lowest BCUT2D eigenvalue weighted by atomic mass is 10.1. The Bertz CT molecular complexity index is 1370. The molecular formula is C24H27FN8O. The van der Waals surface area contributed by atoms with Crippen LogP contribution in [0.5, 0.6) is 0 Å². The average molecular weight is 463 g/mol. The van der Waals surface area contributed by atoms with Gasteiger partial charge in [0.2, 0.25) is 0 Å². The van der Waals surface area contributed by atoms with Gasteiger partial charge >= 0.3 is 0 Å². The monoisotopic (exact) mass is 462 g/mol. The Morgan fingerprint density at radius 2 is 2.06 bits per heavy atom. The van der Waals surface area contributed by atoms with Crippen LogP contribution >= 0.6 is 0 Å². The Morgan fingerprint density at radius 1 is 1.21 bits per heavy atom. The summed E-state index contributed by atoms with van der Waals surface area (Å²) in [5, 5.41) is 12.1. The zero-order valence-corrected chi connectivity index (χ0v) is 18.7. The third-order valence-corrected chi connectivity index (χ3v) is 7.00. The van der Waals surface area contributed by atoms with E-state index in [0.717, 1.165) is 56.1 Å². The van der Waals surface area contributed by atoms with Gasteiger partial charge < -0.3 is 21.4 Å². The van der Waals surface area contributed by atoms with E-state index in [-0.39, 0.29) is 29.8 Å². The van der Waals surface area contributed by atoms with Gasteiger partial charge in [0.15, 0.2) is 5.65 Å². The van der Waals surface area contributed by atoms with Crippen LogP contribution in [0.4, 0.5) is 4.39 Å². The van der Waals surface area contributed by atoms with Gasteiger partial charge in [-0.3, -0.25) is 9.48 Å². The standard InChI is InChI=1S/C24H27FN8O/c25-13-1-4-17-20(9-13)33(16-5-7-27-8-6-16)32-21(17)19-12-29-23-22(31-19)18(11-28-23)24(34)30-15-3-2-14(26)10-15/h1,4,9,11-12,14-16,27H,2-3,5-8,10,26H2,(H,28,29)(H,30,34). The van der Waals surface area contributed by atoms with E-state index in [1.807, 2.05) is 4.68 Å². The predicted octanol–water partition coefficient (Wildman–Crippen LogP) is 2.65. The van der Waals surface area contributed by atoms with Crippen molar-refractivity contribution in [3.05, 3.63) is 42.0 Å². The topological polar surface area (TPSA) is 127 Å². The number of carbonyl (C=O) groups excluding carboxylic acids is 1. The van der Waals surface area contributed by atoms with E-state index in [4.69, 9.17) is 15.8 Å². The molecule has 176 valence electrons. The van der Waals surface area contributed by atoms with Gasteiger partial charge in [0.25, 0.3) is 5.91 Å². The van der Waals surface area contributed by atoms with E-state index in [9.17, 15) is 9.18 Å². The molecule has 6 rings (SSSR count). The van der Waals surface area contributed by atoms with Crippen LogP contribution in [-0.4, -0.2) is 55.8 Å². The molecule has 3 aromatic heterocycles. The van der Waals surface area contributed by atoms with Crippen LogP contribution in [0.2, 0.25) is 0 Å². The van der Waals surface area contributed by atoms with Gasteiger partial charge in [-0.05, 0) is 63.4 Å². The number of aromatic amines is 1. The normalized spacial score (nSPS) is 21.5. The van der Waals surface area contributed by atoms with Crippen molar-refractivity contribution in [2.45, 2.75) is 50.2 Å². The number of benzene rings is 1. The lowest BCUT2D eigenvalue weighted by molar-refractivity contribution is 0.0939. The van der Waals surface area contributed by atoms with Crippen molar-refractivity contribution < 1.29 is 9.18 Å². The molecule has 1 amide bonds. The fraction of sp³-hybridized carbons (Fsp3) is 0.417. The molecule has 5 N–H and O–H groups in total. The van der Waals surface area contributed by atoms with Gasteiger partial charge in [-0.1, -0.05) is 0 Å². The first-order valence-electron chi connectivity index (χ1n) is 11.9. The van der Waals surface area contributed by atoms with Gasteiger partial charge in [-0.15, -0.1) is 0 Å². The summed E-state index contributed by atoms with van der Waals surface area (Å²) < 4.78 is 16.1. The molecule has 34 heavy (non-hydrogen) atoms. The van der Waals surface area contributed by atoms with Gasteiger partial charge in [0.05, 0.1) is 23.3 Å². The molecule has 9 nitrogen and oxygen atoms in total. The number of nitrogens with one attached hydrogen (secondary N) is 3. The number of H-pyrrole nitrogens is 1. The Kier molecular flexibility index (Phi) is 5.26. The highest BCUT2D eigenvalue weighted by atomic mass is 19.1. The number of nitrogens with zero attached hydrogens (tertiary/aromatic N) is 4. The van der Waals surface area contributed by atoms with Crippen LogP contribution < -0.4 is 16.4 Å². The van der Waals surface area contributed by atoms with Crippen LogP contribution in [-0.2, 0) is 0 Å². The van der Waals surface area contributed by atoms with Crippen molar-refractivity contribution >= 4 is 28.0 Å². The number of piperidine rings is 1. The predicted molar refractivity (Wildman–Crippen MR) is 127 cm³/mol. The Balaban J connectivity index is 1.40. The molecule has 1 aliphatic carbocycles. The van der Waals surface area contributed by atoms with Crippen LogP contribution in [0.1, 0.15) is 48.5 Å². The number of amides is 1. The third kappa shape index (κ3) is 3.72. The van der Waals surface area contributed by atoms with Crippen molar-refractivity contribution in [3.8, 4) is 11.4 Å². The molecule has 2 fully saturated rings. The van der Waals surface area contributed by atoms with Gasteiger partial charge in [-0.2, -0.15) is 5.10 Å². The maximum atomic E-state index is 14.2. The minimum Gasteiger partial charge on any atom is -0.349 e. The lowest BCUT2D eigenvalue weighted by Crippen LogP contribution is -2.34. The van der Waals surface area contributed by atoms with Crippen LogP contribution in [0, 0.1) is 5.82 Å². The molecule has 1 aromatic carbocycles. The lowest BCUT2D eigenvalue weighted by Gasteiger charge is -2.23. The van der Waals surface area contributed by atoms with Gasteiger partial charge in [0, 0.05) is 23.7 Å². The molecule has 1 saturated carbocycles. The number of hydrogen-bond donors (Lipinski definition) is 4. The van der Waals surface area contributed by atoms with Crippen molar-refractivity contribution in [2.24, 2.45) is 5.73 Å². The summed E-state index contributed by atoms with van der Waals surface area (Å²) in [5.41, 5.74) is 9.38. The number of aromatic nitrogens is 5. The van der Waals surface area contributed by atoms with Crippen LogP contribution in [0.25, 0.3) is 33.5 Å². The smallest absolute Gasteiger partial charge is 0.255 e. The van der Waals surface area contributed by atoms with E-state index < -0.39 is 0 Å². The SMILES string of the molecule is NC1CCC(NC(=O)c2c[nH]c3ncc(-c4nn(C5CCNCC5)c5cc(F)ccc45)nc23)C1. The van der Waals surface area contributed by atoms with E-state index in [1.165, 1.54) is 12.1 Å². The molecule has 2 atom stereocenters. The third-order valence-electron chi connectivity index (χ3n) is 7.00. The molecule has 2 unspecified atom stereocenters. The first-order chi connectivity index (χ1) is 16.6. The van der Waals surface area contributed by atoms with Gasteiger partial charge in [-0.25, -0.2) is 14.4 Å². The molecular weight excluding hydrogens is 435 g/mol.